The number of benzene rings is 1. The van der Waals surface area contributed by atoms with E-state index in [4.69, 9.17) is 23.2 Å². The molecule has 2 aliphatic rings. The number of halogens is 2. The first-order valence-electron chi connectivity index (χ1n) is 9.80. The molecule has 0 bridgehead atoms. The summed E-state index contributed by atoms with van der Waals surface area (Å²) in [4.78, 5) is 17.0. The van der Waals surface area contributed by atoms with Crippen molar-refractivity contribution >= 4 is 39.1 Å². The van der Waals surface area contributed by atoms with Crippen molar-refractivity contribution in [1.82, 2.24) is 14.1 Å². The van der Waals surface area contributed by atoms with Crippen molar-refractivity contribution in [2.45, 2.75) is 31.1 Å². The number of piperazine rings is 1. The maximum Gasteiger partial charge on any atom is 0.246 e. The Hall–Kier alpha value is -0.860. The number of nitrogens with zero attached hydrogens (tertiary/aromatic N) is 3. The Bertz CT molecular complexity index is 782. The highest BCUT2D eigenvalue weighted by Crippen LogP contribution is 2.32. The number of likely N-dealkylation sites (tertiary alicyclic amines) is 1. The number of carbonyl (C=O) groups is 1. The molecule has 0 unspecified atom stereocenters. The minimum Gasteiger partial charge on any atom is -0.340 e. The van der Waals surface area contributed by atoms with Crippen LogP contribution in [0.25, 0.3) is 0 Å². The average Bonchev–Trinajstić information content (AvgIpc) is 2.68. The van der Waals surface area contributed by atoms with Gasteiger partial charge in [-0.15, -0.1) is 0 Å². The van der Waals surface area contributed by atoms with E-state index in [9.17, 15) is 13.2 Å². The molecule has 6 nitrogen and oxygen atoms in total. The van der Waals surface area contributed by atoms with Gasteiger partial charge in [0.2, 0.25) is 15.9 Å². The van der Waals surface area contributed by atoms with Crippen LogP contribution in [0.3, 0.4) is 0 Å². The fourth-order valence-corrected chi connectivity index (χ4v) is 6.50. The molecule has 0 atom stereocenters. The van der Waals surface area contributed by atoms with E-state index < -0.39 is 10.0 Å². The highest BCUT2D eigenvalue weighted by atomic mass is 35.5. The summed E-state index contributed by atoms with van der Waals surface area (Å²) in [5, 5.41) is 0.231. The molecule has 2 aliphatic heterocycles. The summed E-state index contributed by atoms with van der Waals surface area (Å²) in [5.74, 6) is 0.207. The molecule has 0 radical (unpaired) electrons. The summed E-state index contributed by atoms with van der Waals surface area (Å²) in [6.07, 6.45) is 2.89. The van der Waals surface area contributed by atoms with Gasteiger partial charge in [-0.2, -0.15) is 4.31 Å². The molecule has 1 amide bonds. The van der Waals surface area contributed by atoms with Crippen LogP contribution in [-0.2, 0) is 14.8 Å². The lowest BCUT2D eigenvalue weighted by molar-refractivity contribution is -0.138. The normalized spacial score (nSPS) is 20.5. The van der Waals surface area contributed by atoms with Crippen molar-refractivity contribution in [3.63, 3.8) is 0 Å². The lowest BCUT2D eigenvalue weighted by atomic mass is 9.95. The SMILES string of the molecule is CCCN1CCC(C(=O)N2CCN(S(=O)(=O)c3c(Cl)cccc3Cl)CC2)CC1. The van der Waals surface area contributed by atoms with Gasteiger partial charge in [0.05, 0.1) is 10.0 Å². The molecular weight excluding hydrogens is 421 g/mol. The van der Waals surface area contributed by atoms with Gasteiger partial charge in [0.15, 0.2) is 0 Å². The second-order valence-corrected chi connectivity index (χ2v) is 10.1. The number of rotatable bonds is 5. The summed E-state index contributed by atoms with van der Waals surface area (Å²) in [6, 6.07) is 4.65. The van der Waals surface area contributed by atoms with Gasteiger partial charge in [-0.3, -0.25) is 4.79 Å². The molecule has 2 fully saturated rings. The van der Waals surface area contributed by atoms with E-state index in [-0.39, 0.29) is 39.9 Å². The first-order valence-corrected chi connectivity index (χ1v) is 12.0. The molecule has 2 saturated heterocycles. The minimum atomic E-state index is -3.79. The van der Waals surface area contributed by atoms with Crippen LogP contribution in [0.4, 0.5) is 0 Å². The number of amides is 1. The highest BCUT2D eigenvalue weighted by molar-refractivity contribution is 7.89. The van der Waals surface area contributed by atoms with Crippen molar-refractivity contribution in [2.24, 2.45) is 5.92 Å². The minimum absolute atomic E-state index is 0.0503. The smallest absolute Gasteiger partial charge is 0.246 e. The number of sulfonamides is 1. The van der Waals surface area contributed by atoms with Gasteiger partial charge in [-0.1, -0.05) is 36.2 Å². The monoisotopic (exact) mass is 447 g/mol. The molecule has 0 N–H and O–H groups in total. The number of hydrogen-bond donors (Lipinski definition) is 0. The number of piperidine rings is 1. The van der Waals surface area contributed by atoms with Crippen molar-refractivity contribution in [3.8, 4) is 0 Å². The fraction of sp³-hybridized carbons (Fsp3) is 0.632. The van der Waals surface area contributed by atoms with Crippen LogP contribution in [0.15, 0.2) is 23.1 Å². The van der Waals surface area contributed by atoms with Crippen molar-refractivity contribution in [2.75, 3.05) is 45.8 Å². The molecule has 1 aromatic carbocycles. The first-order chi connectivity index (χ1) is 13.3. The molecule has 1 aromatic rings. The average molecular weight is 448 g/mol. The maximum atomic E-state index is 13.0. The zero-order valence-corrected chi connectivity index (χ0v) is 18.4. The second-order valence-electron chi connectivity index (χ2n) is 7.40. The Balaban J connectivity index is 1.59. The van der Waals surface area contributed by atoms with Crippen molar-refractivity contribution in [3.05, 3.63) is 28.2 Å². The van der Waals surface area contributed by atoms with Crippen LogP contribution in [0, 0.1) is 5.92 Å². The topological polar surface area (TPSA) is 60.9 Å². The van der Waals surface area contributed by atoms with Crippen LogP contribution >= 0.6 is 23.2 Å². The molecule has 0 aliphatic carbocycles. The Labute approximate surface area is 177 Å². The molecular formula is C19H27Cl2N3O3S. The molecule has 28 heavy (non-hydrogen) atoms. The summed E-state index contributed by atoms with van der Waals surface area (Å²) in [5.41, 5.74) is 0. The Morgan fingerprint density at radius 2 is 1.61 bits per heavy atom. The standard InChI is InChI=1S/C19H27Cl2N3O3S/c1-2-8-22-9-6-15(7-10-22)19(25)23-11-13-24(14-12-23)28(26,27)18-16(20)4-3-5-17(18)21/h3-5,15H,2,6-14H2,1H3. The van der Waals surface area contributed by atoms with E-state index in [0.29, 0.717) is 13.1 Å². The van der Waals surface area contributed by atoms with E-state index in [1.54, 1.807) is 11.0 Å². The van der Waals surface area contributed by atoms with Gasteiger partial charge in [-0.25, -0.2) is 8.42 Å². The van der Waals surface area contributed by atoms with Crippen LogP contribution in [-0.4, -0.2) is 74.2 Å². The molecule has 0 aromatic heterocycles. The predicted octanol–water partition coefficient (Wildman–Crippen LogP) is 2.95. The third-order valence-electron chi connectivity index (χ3n) is 5.54. The third-order valence-corrected chi connectivity index (χ3v) is 8.40. The van der Waals surface area contributed by atoms with Gasteiger partial charge in [-0.05, 0) is 51.0 Å². The van der Waals surface area contributed by atoms with Crippen molar-refractivity contribution < 1.29 is 13.2 Å². The quantitative estimate of drug-likeness (QED) is 0.695. The third kappa shape index (κ3) is 4.65. The van der Waals surface area contributed by atoms with Gasteiger partial charge < -0.3 is 9.80 Å². The van der Waals surface area contributed by atoms with E-state index in [2.05, 4.69) is 11.8 Å². The van der Waals surface area contributed by atoms with E-state index >= 15 is 0 Å². The van der Waals surface area contributed by atoms with Gasteiger partial charge in [0, 0.05) is 32.1 Å². The van der Waals surface area contributed by atoms with Crippen LogP contribution in [0.5, 0.6) is 0 Å². The molecule has 2 heterocycles. The Morgan fingerprint density at radius 1 is 1.04 bits per heavy atom. The first kappa shape index (κ1) is 21.8. The second kappa shape index (κ2) is 9.30. The summed E-state index contributed by atoms with van der Waals surface area (Å²) >= 11 is 12.2. The largest absolute Gasteiger partial charge is 0.340 e. The van der Waals surface area contributed by atoms with E-state index in [1.165, 1.54) is 16.4 Å². The van der Waals surface area contributed by atoms with Crippen LogP contribution in [0.2, 0.25) is 10.0 Å². The van der Waals surface area contributed by atoms with E-state index in [1.807, 2.05) is 0 Å². The molecule has 0 spiro atoms. The van der Waals surface area contributed by atoms with Crippen molar-refractivity contribution in [1.29, 1.82) is 0 Å². The molecule has 3 rings (SSSR count). The lowest BCUT2D eigenvalue weighted by Crippen LogP contribution is -2.52. The lowest BCUT2D eigenvalue weighted by Gasteiger charge is -2.38. The molecule has 9 heteroatoms. The maximum absolute atomic E-state index is 13.0. The van der Waals surface area contributed by atoms with E-state index in [0.717, 1.165) is 38.9 Å². The van der Waals surface area contributed by atoms with Gasteiger partial charge in [0.1, 0.15) is 4.90 Å². The summed E-state index contributed by atoms with van der Waals surface area (Å²) in [6.45, 7) is 6.48. The molecule has 156 valence electrons. The zero-order chi connectivity index (χ0) is 20.3. The number of hydrogen-bond acceptors (Lipinski definition) is 4. The number of carbonyl (C=O) groups excluding carboxylic acids is 1. The van der Waals surface area contributed by atoms with Crippen LogP contribution in [0.1, 0.15) is 26.2 Å². The Morgan fingerprint density at radius 3 is 2.14 bits per heavy atom. The summed E-state index contributed by atoms with van der Waals surface area (Å²) < 4.78 is 27.3. The highest BCUT2D eigenvalue weighted by Gasteiger charge is 2.35. The molecule has 0 saturated carbocycles. The Kier molecular flexibility index (Phi) is 7.26. The predicted molar refractivity (Wildman–Crippen MR) is 111 cm³/mol. The van der Waals surface area contributed by atoms with Gasteiger partial charge in [0.25, 0.3) is 0 Å². The van der Waals surface area contributed by atoms with Crippen LogP contribution < -0.4 is 0 Å². The van der Waals surface area contributed by atoms with Gasteiger partial charge >= 0.3 is 0 Å². The fourth-order valence-electron chi connectivity index (χ4n) is 3.98. The summed E-state index contributed by atoms with van der Waals surface area (Å²) in [7, 11) is -3.79. The zero-order valence-electron chi connectivity index (χ0n) is 16.1.